The Labute approximate surface area is 173 Å². The number of allylic oxidation sites excluding steroid dienone is 1. The van der Waals surface area contributed by atoms with E-state index in [9.17, 15) is 27.5 Å². The quantitative estimate of drug-likeness (QED) is 0.447. The number of nitrogens with one attached hydrogen (secondary N) is 1. The van der Waals surface area contributed by atoms with Gasteiger partial charge < -0.3 is 10.4 Å². The number of hydrogen-bond donors (Lipinski definition) is 2. The monoisotopic (exact) mass is 520 g/mol. The third-order valence-corrected chi connectivity index (χ3v) is 5.24. The van der Waals surface area contributed by atoms with E-state index in [0.717, 1.165) is 12.1 Å². The van der Waals surface area contributed by atoms with Crippen LogP contribution >= 0.6 is 31.9 Å². The van der Waals surface area contributed by atoms with Crippen LogP contribution in [0.4, 0.5) is 17.6 Å². The van der Waals surface area contributed by atoms with E-state index in [1.54, 1.807) is 0 Å². The van der Waals surface area contributed by atoms with Crippen LogP contribution in [0.1, 0.15) is 17.2 Å². The maximum atomic E-state index is 14.2. The van der Waals surface area contributed by atoms with Crippen molar-refractivity contribution in [3.63, 3.8) is 0 Å². The lowest BCUT2D eigenvalue weighted by Gasteiger charge is -2.27. The summed E-state index contributed by atoms with van der Waals surface area (Å²) in [6, 6.07) is 3.36. The molecule has 0 fully saturated rings. The average Bonchev–Trinajstić information content (AvgIpc) is 2.59. The van der Waals surface area contributed by atoms with Crippen molar-refractivity contribution in [3.8, 4) is 0 Å². The predicted molar refractivity (Wildman–Crippen MR) is 101 cm³/mol. The molecule has 0 saturated carbocycles. The summed E-state index contributed by atoms with van der Waals surface area (Å²) in [6.07, 6.45) is 0. The van der Waals surface area contributed by atoms with E-state index in [1.807, 2.05) is 0 Å². The van der Waals surface area contributed by atoms with Crippen LogP contribution in [0.3, 0.4) is 0 Å². The number of aliphatic carboxylic acids is 1. The number of carboxylic acids is 1. The van der Waals surface area contributed by atoms with E-state index in [0.29, 0.717) is 12.1 Å². The van der Waals surface area contributed by atoms with Gasteiger partial charge in [-0.05, 0) is 17.7 Å². The molecule has 0 spiro atoms. The fourth-order valence-corrected chi connectivity index (χ4v) is 3.81. The first kappa shape index (κ1) is 20.5. The topological polar surface area (TPSA) is 61.7 Å². The Balaban J connectivity index is 2.24. The highest BCUT2D eigenvalue weighted by Gasteiger charge is 2.33. The lowest BCUT2D eigenvalue weighted by molar-refractivity contribution is -0.133. The molecule has 1 aliphatic rings. The molecule has 2 aromatic carbocycles. The number of hydrogen-bond acceptors (Lipinski definition) is 3. The van der Waals surface area contributed by atoms with E-state index in [-0.39, 0.29) is 32.5 Å². The van der Waals surface area contributed by atoms with Gasteiger partial charge in [0.25, 0.3) is 0 Å². The molecule has 1 unspecified atom stereocenters. The molecule has 0 bridgehead atoms. The lowest BCUT2D eigenvalue weighted by atomic mass is 9.95. The SMILES string of the molecule is O=C(O)C1=C(CBr)NC(c2c(F)cc(F)cc2F)=NC1c1ccc(F)cc1Br. The zero-order valence-corrected chi connectivity index (χ0v) is 16.9. The molecule has 28 heavy (non-hydrogen) atoms. The Hall–Kier alpha value is -2.20. The van der Waals surface area contributed by atoms with Gasteiger partial charge in [-0.3, -0.25) is 4.99 Å². The molecule has 0 aromatic heterocycles. The van der Waals surface area contributed by atoms with Crippen LogP contribution in [0.5, 0.6) is 0 Å². The van der Waals surface area contributed by atoms with Gasteiger partial charge in [0.2, 0.25) is 0 Å². The Morgan fingerprint density at radius 1 is 1.11 bits per heavy atom. The van der Waals surface area contributed by atoms with E-state index in [2.05, 4.69) is 42.2 Å². The summed E-state index contributed by atoms with van der Waals surface area (Å²) in [5, 5.41) is 12.2. The number of halogens is 6. The fourth-order valence-electron chi connectivity index (χ4n) is 2.80. The highest BCUT2D eigenvalue weighted by molar-refractivity contribution is 9.10. The molecule has 4 nitrogen and oxygen atoms in total. The van der Waals surface area contributed by atoms with Crippen molar-refractivity contribution in [2.24, 2.45) is 4.99 Å². The Morgan fingerprint density at radius 3 is 2.29 bits per heavy atom. The van der Waals surface area contributed by atoms with Gasteiger partial charge in [-0.2, -0.15) is 0 Å². The van der Waals surface area contributed by atoms with Gasteiger partial charge >= 0.3 is 5.97 Å². The third-order valence-electron chi connectivity index (χ3n) is 3.99. The number of aliphatic imine (C=N–C) groups is 1. The van der Waals surface area contributed by atoms with Gasteiger partial charge in [0.05, 0.1) is 11.1 Å². The number of carboxylic acid groups (broad SMARTS) is 1. The summed E-state index contributed by atoms with van der Waals surface area (Å²) in [5.74, 6) is -5.69. The summed E-state index contributed by atoms with van der Waals surface area (Å²) < 4.78 is 55.4. The molecule has 2 N–H and O–H groups in total. The van der Waals surface area contributed by atoms with Crippen molar-refractivity contribution in [1.29, 1.82) is 0 Å². The maximum Gasteiger partial charge on any atom is 0.335 e. The molecule has 10 heteroatoms. The van der Waals surface area contributed by atoms with Gasteiger partial charge in [-0.15, -0.1) is 0 Å². The molecule has 1 atom stereocenters. The normalized spacial score (nSPS) is 16.6. The van der Waals surface area contributed by atoms with Gasteiger partial charge in [0, 0.05) is 27.6 Å². The van der Waals surface area contributed by atoms with Gasteiger partial charge in [-0.1, -0.05) is 37.9 Å². The van der Waals surface area contributed by atoms with Gasteiger partial charge in [0.1, 0.15) is 35.1 Å². The number of rotatable bonds is 4. The summed E-state index contributed by atoms with van der Waals surface area (Å²) in [6.45, 7) is 0. The summed E-state index contributed by atoms with van der Waals surface area (Å²) in [5.41, 5.74) is -0.440. The minimum atomic E-state index is -1.31. The van der Waals surface area contributed by atoms with Crippen LogP contribution in [-0.4, -0.2) is 22.2 Å². The largest absolute Gasteiger partial charge is 0.478 e. The van der Waals surface area contributed by atoms with Crippen molar-refractivity contribution in [1.82, 2.24) is 5.32 Å². The average molecular weight is 522 g/mol. The van der Waals surface area contributed by atoms with E-state index in [1.165, 1.54) is 6.07 Å². The molecule has 1 heterocycles. The second-order valence-electron chi connectivity index (χ2n) is 5.75. The second-order valence-corrected chi connectivity index (χ2v) is 7.16. The molecule has 0 amide bonds. The third kappa shape index (κ3) is 3.83. The number of alkyl halides is 1. The Kier molecular flexibility index (Phi) is 5.90. The number of nitrogens with zero attached hydrogens (tertiary/aromatic N) is 1. The van der Waals surface area contributed by atoms with Crippen LogP contribution in [0.15, 0.2) is 51.1 Å². The zero-order chi connectivity index (χ0) is 20.6. The van der Waals surface area contributed by atoms with Crippen molar-refractivity contribution in [3.05, 3.63) is 80.5 Å². The van der Waals surface area contributed by atoms with Crippen LogP contribution in [0.2, 0.25) is 0 Å². The standard InChI is InChI=1S/C18H10Br2F4N2O2/c19-6-13-15(18(27)28)16(9-2-1-7(21)3-10(9)20)26-17(25-13)14-11(23)4-8(22)5-12(14)24/h1-5,16H,6H2,(H,25,26)(H,27,28). The Morgan fingerprint density at radius 2 is 1.75 bits per heavy atom. The summed E-state index contributed by atoms with van der Waals surface area (Å²) in [7, 11) is 0. The highest BCUT2D eigenvalue weighted by atomic mass is 79.9. The Bertz CT molecular complexity index is 1020. The van der Waals surface area contributed by atoms with E-state index in [4.69, 9.17) is 0 Å². The molecule has 0 saturated heterocycles. The van der Waals surface area contributed by atoms with Crippen molar-refractivity contribution >= 4 is 43.7 Å². The van der Waals surface area contributed by atoms with Gasteiger partial charge in [-0.25, -0.2) is 22.4 Å². The van der Waals surface area contributed by atoms with Crippen LogP contribution < -0.4 is 5.32 Å². The molecule has 146 valence electrons. The molecule has 3 rings (SSSR count). The molecular weight excluding hydrogens is 512 g/mol. The molecular formula is C18H10Br2F4N2O2. The second kappa shape index (κ2) is 8.04. The fraction of sp³-hybridized carbons (Fsp3) is 0.111. The molecule has 0 radical (unpaired) electrons. The van der Waals surface area contributed by atoms with Crippen molar-refractivity contribution in [2.75, 3.05) is 5.33 Å². The first-order valence-corrected chi connectivity index (χ1v) is 9.61. The first-order valence-electron chi connectivity index (χ1n) is 7.70. The molecule has 0 aliphatic carbocycles. The van der Waals surface area contributed by atoms with Crippen molar-refractivity contribution < 1.29 is 27.5 Å². The number of benzene rings is 2. The number of carbonyl (C=O) groups is 1. The summed E-state index contributed by atoms with van der Waals surface area (Å²) in [4.78, 5) is 16.0. The van der Waals surface area contributed by atoms with Gasteiger partial charge in [0.15, 0.2) is 0 Å². The first-order chi connectivity index (χ1) is 13.2. The van der Waals surface area contributed by atoms with Crippen molar-refractivity contribution in [2.45, 2.75) is 6.04 Å². The lowest BCUT2D eigenvalue weighted by Crippen LogP contribution is -2.35. The van der Waals surface area contributed by atoms with Crippen LogP contribution in [0.25, 0.3) is 0 Å². The smallest absolute Gasteiger partial charge is 0.335 e. The molecule has 2 aromatic rings. The zero-order valence-electron chi connectivity index (χ0n) is 13.7. The number of amidine groups is 1. The van der Waals surface area contributed by atoms with E-state index >= 15 is 0 Å². The van der Waals surface area contributed by atoms with Crippen LogP contribution in [-0.2, 0) is 4.79 Å². The minimum Gasteiger partial charge on any atom is -0.478 e. The van der Waals surface area contributed by atoms with Crippen LogP contribution in [0, 0.1) is 23.3 Å². The van der Waals surface area contributed by atoms with E-state index < -0.39 is 40.8 Å². The molecule has 1 aliphatic heterocycles. The highest BCUT2D eigenvalue weighted by Crippen LogP contribution is 2.36. The minimum absolute atomic E-state index is 0.00734. The predicted octanol–water partition coefficient (Wildman–Crippen LogP) is 4.83. The maximum absolute atomic E-state index is 14.2. The summed E-state index contributed by atoms with van der Waals surface area (Å²) >= 11 is 6.30.